The zero-order chi connectivity index (χ0) is 6.20. The normalized spacial score (nSPS) is 32.9. The van der Waals surface area contributed by atoms with Crippen LogP contribution >= 0.6 is 0 Å². The Balaban J connectivity index is 2.53. The first kappa shape index (κ1) is 5.58. The highest BCUT2D eigenvalue weighted by molar-refractivity contribution is 5.07. The Bertz CT molecular complexity index is 132. The predicted octanol–water partition coefficient (Wildman–Crippen LogP) is 0.508. The summed E-state index contributed by atoms with van der Waals surface area (Å²) in [5, 5.41) is 11.6. The van der Waals surface area contributed by atoms with Gasteiger partial charge >= 0.3 is 0 Å². The molecular formula is C6H10N2. The lowest BCUT2D eigenvalue weighted by molar-refractivity contribution is 0.190. The van der Waals surface area contributed by atoms with Crippen LogP contribution in [0.25, 0.3) is 0 Å². The molecule has 0 saturated carbocycles. The van der Waals surface area contributed by atoms with E-state index in [2.05, 4.69) is 11.4 Å². The van der Waals surface area contributed by atoms with Crippen LogP contribution in [-0.4, -0.2) is 12.1 Å². The van der Waals surface area contributed by atoms with Crippen LogP contribution in [0.3, 0.4) is 0 Å². The van der Waals surface area contributed by atoms with E-state index in [-0.39, 0.29) is 11.5 Å². The Kier molecular flexibility index (Phi) is 1.02. The van der Waals surface area contributed by atoms with Crippen LogP contribution in [0.2, 0.25) is 0 Å². The maximum atomic E-state index is 8.43. The second-order valence-electron chi connectivity index (χ2n) is 2.78. The third-order valence-corrected chi connectivity index (χ3v) is 1.79. The molecule has 1 rings (SSSR count). The van der Waals surface area contributed by atoms with Crippen molar-refractivity contribution in [3.8, 4) is 6.07 Å². The number of nitriles is 1. The predicted molar refractivity (Wildman–Crippen MR) is 31.2 cm³/mol. The minimum Gasteiger partial charge on any atom is -0.309 e. The van der Waals surface area contributed by atoms with Crippen molar-refractivity contribution in [1.82, 2.24) is 5.32 Å². The smallest absolute Gasteiger partial charge is 0.0764 e. The van der Waals surface area contributed by atoms with E-state index < -0.39 is 0 Å². The Morgan fingerprint density at radius 1 is 1.75 bits per heavy atom. The zero-order valence-corrected chi connectivity index (χ0v) is 5.23. The highest BCUT2D eigenvalue weighted by Gasteiger charge is 2.37. The van der Waals surface area contributed by atoms with Gasteiger partial charge in [0.25, 0.3) is 0 Å². The minimum absolute atomic E-state index is 0.0781. The van der Waals surface area contributed by atoms with E-state index in [9.17, 15) is 0 Å². The number of rotatable bonds is 0. The summed E-state index contributed by atoms with van der Waals surface area (Å²) in [5.41, 5.74) is 0.0781. The summed E-state index contributed by atoms with van der Waals surface area (Å²) in [5.74, 6) is 0.225. The molecule has 1 heterocycles. The molecule has 1 saturated heterocycles. The van der Waals surface area contributed by atoms with Crippen molar-refractivity contribution < 1.29 is 0 Å². The van der Waals surface area contributed by atoms with Gasteiger partial charge < -0.3 is 5.32 Å². The van der Waals surface area contributed by atoms with Gasteiger partial charge in [-0.2, -0.15) is 5.26 Å². The lowest BCUT2D eigenvalue weighted by Crippen LogP contribution is -2.60. The van der Waals surface area contributed by atoms with Crippen molar-refractivity contribution in [3.63, 3.8) is 0 Å². The van der Waals surface area contributed by atoms with Gasteiger partial charge in [0.05, 0.1) is 12.0 Å². The van der Waals surface area contributed by atoms with Crippen LogP contribution in [0.5, 0.6) is 0 Å². The molecule has 0 spiro atoms. The van der Waals surface area contributed by atoms with E-state index >= 15 is 0 Å². The summed E-state index contributed by atoms with van der Waals surface area (Å²) in [4.78, 5) is 0. The fourth-order valence-electron chi connectivity index (χ4n) is 0.819. The second kappa shape index (κ2) is 1.46. The first-order valence-electron chi connectivity index (χ1n) is 2.81. The van der Waals surface area contributed by atoms with Crippen LogP contribution in [-0.2, 0) is 0 Å². The molecule has 1 aliphatic heterocycles. The van der Waals surface area contributed by atoms with E-state index in [1.165, 1.54) is 0 Å². The average molecular weight is 110 g/mol. The number of nitrogens with zero attached hydrogens (tertiary/aromatic N) is 1. The molecule has 0 aliphatic carbocycles. The van der Waals surface area contributed by atoms with Gasteiger partial charge in [0.15, 0.2) is 0 Å². The fraction of sp³-hybridized carbons (Fsp3) is 0.833. The second-order valence-corrected chi connectivity index (χ2v) is 2.78. The standard InChI is InChI=1S/C6H10N2/c1-6(2)5(3-7)4-8-6/h5,8H,4H2,1-2H3/t5-/m1/s1. The van der Waals surface area contributed by atoms with Crippen molar-refractivity contribution in [2.24, 2.45) is 5.92 Å². The van der Waals surface area contributed by atoms with E-state index in [1.807, 2.05) is 13.8 Å². The lowest BCUT2D eigenvalue weighted by Gasteiger charge is -2.41. The largest absolute Gasteiger partial charge is 0.309 e. The van der Waals surface area contributed by atoms with Gasteiger partial charge in [0, 0.05) is 12.1 Å². The number of nitrogens with one attached hydrogen (secondary N) is 1. The van der Waals surface area contributed by atoms with Crippen LogP contribution in [0.4, 0.5) is 0 Å². The van der Waals surface area contributed by atoms with Crippen molar-refractivity contribution in [2.75, 3.05) is 6.54 Å². The Labute approximate surface area is 49.5 Å². The molecular weight excluding hydrogens is 100 g/mol. The highest BCUT2D eigenvalue weighted by atomic mass is 15.1. The molecule has 0 unspecified atom stereocenters. The van der Waals surface area contributed by atoms with Crippen LogP contribution in [0, 0.1) is 17.2 Å². The Morgan fingerprint density at radius 3 is 2.38 bits per heavy atom. The molecule has 0 bridgehead atoms. The minimum atomic E-state index is 0.0781. The molecule has 2 heteroatoms. The first-order valence-corrected chi connectivity index (χ1v) is 2.81. The highest BCUT2D eigenvalue weighted by Crippen LogP contribution is 2.23. The van der Waals surface area contributed by atoms with E-state index in [4.69, 9.17) is 5.26 Å². The molecule has 2 nitrogen and oxygen atoms in total. The molecule has 0 amide bonds. The molecule has 0 aromatic carbocycles. The fourth-order valence-corrected chi connectivity index (χ4v) is 0.819. The molecule has 0 radical (unpaired) electrons. The molecule has 1 fully saturated rings. The summed E-state index contributed by atoms with van der Waals surface area (Å²) < 4.78 is 0. The van der Waals surface area contributed by atoms with Crippen molar-refractivity contribution in [3.05, 3.63) is 0 Å². The SMILES string of the molecule is CC1(C)NC[C@H]1C#N. The Morgan fingerprint density at radius 2 is 2.38 bits per heavy atom. The van der Waals surface area contributed by atoms with E-state index in [0.717, 1.165) is 6.54 Å². The van der Waals surface area contributed by atoms with Crippen LogP contribution < -0.4 is 5.32 Å². The van der Waals surface area contributed by atoms with Gasteiger partial charge in [-0.3, -0.25) is 0 Å². The monoisotopic (exact) mass is 110 g/mol. The number of hydrogen-bond donors (Lipinski definition) is 1. The van der Waals surface area contributed by atoms with Crippen molar-refractivity contribution in [1.29, 1.82) is 5.26 Å². The van der Waals surface area contributed by atoms with Crippen molar-refractivity contribution >= 4 is 0 Å². The van der Waals surface area contributed by atoms with Crippen molar-refractivity contribution in [2.45, 2.75) is 19.4 Å². The van der Waals surface area contributed by atoms with Gasteiger partial charge in [0.2, 0.25) is 0 Å². The van der Waals surface area contributed by atoms with Gasteiger partial charge in [-0.05, 0) is 13.8 Å². The molecule has 1 N–H and O–H groups in total. The molecule has 1 aliphatic rings. The lowest BCUT2D eigenvalue weighted by atomic mass is 9.81. The molecule has 8 heavy (non-hydrogen) atoms. The molecule has 0 aromatic heterocycles. The Hall–Kier alpha value is -0.550. The van der Waals surface area contributed by atoms with Gasteiger partial charge in [-0.25, -0.2) is 0 Å². The van der Waals surface area contributed by atoms with Gasteiger partial charge in [-0.1, -0.05) is 0 Å². The first-order chi connectivity index (χ1) is 3.67. The zero-order valence-electron chi connectivity index (χ0n) is 5.23. The summed E-state index contributed by atoms with van der Waals surface area (Å²) in [7, 11) is 0. The average Bonchev–Trinajstić information content (AvgIpc) is 1.66. The van der Waals surface area contributed by atoms with E-state index in [1.54, 1.807) is 0 Å². The summed E-state index contributed by atoms with van der Waals surface area (Å²) >= 11 is 0. The maximum Gasteiger partial charge on any atom is 0.0764 e. The summed E-state index contributed by atoms with van der Waals surface area (Å²) in [6, 6.07) is 2.23. The van der Waals surface area contributed by atoms with Gasteiger partial charge in [-0.15, -0.1) is 0 Å². The third-order valence-electron chi connectivity index (χ3n) is 1.79. The number of hydrogen-bond acceptors (Lipinski definition) is 2. The molecule has 0 aromatic rings. The molecule has 44 valence electrons. The topological polar surface area (TPSA) is 35.8 Å². The summed E-state index contributed by atoms with van der Waals surface area (Å²) in [6.45, 7) is 4.96. The maximum absolute atomic E-state index is 8.43. The molecule has 1 atom stereocenters. The third kappa shape index (κ3) is 0.597. The quantitative estimate of drug-likeness (QED) is 0.493. The van der Waals surface area contributed by atoms with E-state index in [0.29, 0.717) is 0 Å². The van der Waals surface area contributed by atoms with Gasteiger partial charge in [0.1, 0.15) is 0 Å². The summed E-state index contributed by atoms with van der Waals surface area (Å²) in [6.07, 6.45) is 0. The van der Waals surface area contributed by atoms with Crippen LogP contribution in [0.15, 0.2) is 0 Å². The van der Waals surface area contributed by atoms with Crippen LogP contribution in [0.1, 0.15) is 13.8 Å².